The van der Waals surface area contributed by atoms with Crippen LogP contribution in [-0.4, -0.2) is 32.3 Å². The SMILES string of the molecule is CCn1c(CC(=O)Nc2ccc(Cl)c(Cl)c2)nnc1SCC(=O)Nc1cc(C)ccc1C. The normalized spacial score (nSPS) is 10.8. The summed E-state index contributed by atoms with van der Waals surface area (Å²) in [5, 5.41) is 15.4. The lowest BCUT2D eigenvalue weighted by Gasteiger charge is -2.10. The quantitative estimate of drug-likeness (QED) is 0.426. The van der Waals surface area contributed by atoms with Gasteiger partial charge in [-0.15, -0.1) is 10.2 Å². The molecular formula is C22H23Cl2N5O2S. The highest BCUT2D eigenvalue weighted by atomic mass is 35.5. The van der Waals surface area contributed by atoms with E-state index >= 15 is 0 Å². The van der Waals surface area contributed by atoms with Gasteiger partial charge in [0.25, 0.3) is 0 Å². The number of aryl methyl sites for hydroxylation is 2. The molecule has 2 amide bonds. The molecule has 0 aliphatic rings. The summed E-state index contributed by atoms with van der Waals surface area (Å²) in [6.07, 6.45) is 0.0380. The van der Waals surface area contributed by atoms with Gasteiger partial charge >= 0.3 is 0 Å². The summed E-state index contributed by atoms with van der Waals surface area (Å²) in [6, 6.07) is 10.8. The summed E-state index contributed by atoms with van der Waals surface area (Å²) in [4.78, 5) is 24.9. The summed E-state index contributed by atoms with van der Waals surface area (Å²) in [5.41, 5.74) is 3.42. The molecule has 2 N–H and O–H groups in total. The summed E-state index contributed by atoms with van der Waals surface area (Å²) in [6.45, 7) is 6.44. The zero-order valence-electron chi connectivity index (χ0n) is 17.9. The Labute approximate surface area is 200 Å². The number of nitrogens with zero attached hydrogens (tertiary/aromatic N) is 3. The van der Waals surface area contributed by atoms with E-state index in [1.165, 1.54) is 11.8 Å². The number of carbonyl (C=O) groups excluding carboxylic acids is 2. The average Bonchev–Trinajstić information content (AvgIpc) is 3.13. The van der Waals surface area contributed by atoms with Crippen LogP contribution in [0.2, 0.25) is 10.0 Å². The third-order valence-electron chi connectivity index (χ3n) is 4.63. The molecule has 32 heavy (non-hydrogen) atoms. The molecule has 0 atom stereocenters. The fourth-order valence-electron chi connectivity index (χ4n) is 2.98. The van der Waals surface area contributed by atoms with Crippen molar-refractivity contribution in [2.75, 3.05) is 16.4 Å². The maximum atomic E-state index is 12.4. The zero-order chi connectivity index (χ0) is 23.3. The van der Waals surface area contributed by atoms with Gasteiger partial charge in [0.05, 0.1) is 22.2 Å². The first-order chi connectivity index (χ1) is 15.3. The fourth-order valence-corrected chi connectivity index (χ4v) is 4.10. The Kier molecular flexibility index (Phi) is 8.17. The molecule has 0 saturated carbocycles. The molecule has 168 valence electrons. The lowest BCUT2D eigenvalue weighted by atomic mass is 10.1. The first kappa shape index (κ1) is 24.1. The lowest BCUT2D eigenvalue weighted by Crippen LogP contribution is -2.18. The molecule has 0 fully saturated rings. The minimum Gasteiger partial charge on any atom is -0.326 e. The maximum Gasteiger partial charge on any atom is 0.234 e. The molecule has 0 radical (unpaired) electrons. The van der Waals surface area contributed by atoms with Crippen LogP contribution >= 0.6 is 35.0 Å². The maximum absolute atomic E-state index is 12.4. The van der Waals surface area contributed by atoms with Gasteiger partial charge in [-0.05, 0) is 56.2 Å². The van der Waals surface area contributed by atoms with Gasteiger partial charge in [-0.3, -0.25) is 9.59 Å². The van der Waals surface area contributed by atoms with Gasteiger partial charge in [0.2, 0.25) is 11.8 Å². The van der Waals surface area contributed by atoms with E-state index in [4.69, 9.17) is 23.2 Å². The van der Waals surface area contributed by atoms with Crippen molar-refractivity contribution in [1.29, 1.82) is 0 Å². The van der Waals surface area contributed by atoms with Crippen LogP contribution in [0.1, 0.15) is 23.9 Å². The number of thioether (sulfide) groups is 1. The third kappa shape index (κ3) is 6.25. The van der Waals surface area contributed by atoms with Crippen molar-refractivity contribution in [3.8, 4) is 0 Å². The number of carbonyl (C=O) groups is 2. The van der Waals surface area contributed by atoms with Crippen LogP contribution in [0.4, 0.5) is 11.4 Å². The van der Waals surface area contributed by atoms with Gasteiger partial charge in [0.15, 0.2) is 5.16 Å². The first-order valence-electron chi connectivity index (χ1n) is 9.93. The monoisotopic (exact) mass is 491 g/mol. The minimum absolute atomic E-state index is 0.0380. The van der Waals surface area contributed by atoms with E-state index in [0.717, 1.165) is 16.8 Å². The Morgan fingerprint density at radius 2 is 1.78 bits per heavy atom. The van der Waals surface area contributed by atoms with Crippen LogP contribution < -0.4 is 10.6 Å². The van der Waals surface area contributed by atoms with Crippen molar-refractivity contribution in [3.63, 3.8) is 0 Å². The van der Waals surface area contributed by atoms with Crippen LogP contribution in [0.25, 0.3) is 0 Å². The van der Waals surface area contributed by atoms with Crippen molar-refractivity contribution in [2.45, 2.75) is 38.9 Å². The molecule has 0 bridgehead atoms. The van der Waals surface area contributed by atoms with E-state index in [9.17, 15) is 9.59 Å². The Bertz CT molecular complexity index is 1150. The summed E-state index contributed by atoms with van der Waals surface area (Å²) in [7, 11) is 0. The predicted molar refractivity (Wildman–Crippen MR) is 130 cm³/mol. The first-order valence-corrected chi connectivity index (χ1v) is 11.7. The number of benzene rings is 2. The summed E-state index contributed by atoms with van der Waals surface area (Å²) < 4.78 is 1.82. The molecule has 0 unspecified atom stereocenters. The number of amides is 2. The second-order valence-corrected chi connectivity index (χ2v) is 8.91. The molecule has 0 aliphatic carbocycles. The van der Waals surface area contributed by atoms with E-state index in [0.29, 0.717) is 33.3 Å². The van der Waals surface area contributed by atoms with Crippen molar-refractivity contribution < 1.29 is 9.59 Å². The Morgan fingerprint density at radius 3 is 2.50 bits per heavy atom. The highest BCUT2D eigenvalue weighted by Gasteiger charge is 2.16. The molecular weight excluding hydrogens is 469 g/mol. The van der Waals surface area contributed by atoms with E-state index < -0.39 is 0 Å². The second-order valence-electron chi connectivity index (χ2n) is 7.15. The van der Waals surface area contributed by atoms with Gasteiger partial charge < -0.3 is 15.2 Å². The Hall–Kier alpha value is -2.55. The van der Waals surface area contributed by atoms with Gasteiger partial charge in [0.1, 0.15) is 5.82 Å². The molecule has 0 spiro atoms. The van der Waals surface area contributed by atoms with Crippen molar-refractivity contribution in [2.24, 2.45) is 0 Å². The van der Waals surface area contributed by atoms with Crippen molar-refractivity contribution >= 4 is 58.2 Å². The molecule has 7 nitrogen and oxygen atoms in total. The lowest BCUT2D eigenvalue weighted by molar-refractivity contribution is -0.116. The molecule has 3 rings (SSSR count). The van der Waals surface area contributed by atoms with Gasteiger partial charge in [-0.1, -0.05) is 47.1 Å². The molecule has 0 saturated heterocycles. The van der Waals surface area contributed by atoms with Crippen LogP contribution in [0.3, 0.4) is 0 Å². The molecule has 1 aromatic heterocycles. The van der Waals surface area contributed by atoms with E-state index in [-0.39, 0.29) is 24.0 Å². The number of nitrogens with one attached hydrogen (secondary N) is 2. The number of aromatic nitrogens is 3. The summed E-state index contributed by atoms with van der Waals surface area (Å²) >= 11 is 13.2. The fraction of sp³-hybridized carbons (Fsp3) is 0.273. The largest absolute Gasteiger partial charge is 0.326 e. The van der Waals surface area contributed by atoms with E-state index in [2.05, 4.69) is 20.8 Å². The zero-order valence-corrected chi connectivity index (χ0v) is 20.2. The van der Waals surface area contributed by atoms with E-state index in [1.807, 2.05) is 43.5 Å². The van der Waals surface area contributed by atoms with Gasteiger partial charge in [0, 0.05) is 17.9 Å². The van der Waals surface area contributed by atoms with Crippen LogP contribution in [-0.2, 0) is 22.6 Å². The molecule has 2 aromatic carbocycles. The van der Waals surface area contributed by atoms with Crippen LogP contribution in [0.5, 0.6) is 0 Å². The molecule has 0 aliphatic heterocycles. The highest BCUT2D eigenvalue weighted by Crippen LogP contribution is 2.25. The molecule has 10 heteroatoms. The standard InChI is InChI=1S/C22H23Cl2N5O2S/c1-4-29-19(11-20(30)25-15-7-8-16(23)17(24)10-15)27-28-22(29)32-12-21(31)26-18-9-13(2)5-6-14(18)3/h5-10H,4,11-12H2,1-3H3,(H,25,30)(H,26,31). The minimum atomic E-state index is -0.255. The number of rotatable bonds is 8. The summed E-state index contributed by atoms with van der Waals surface area (Å²) in [5.74, 6) is 0.312. The Balaban J connectivity index is 1.60. The van der Waals surface area contributed by atoms with Crippen LogP contribution in [0, 0.1) is 13.8 Å². The third-order valence-corrected chi connectivity index (χ3v) is 6.34. The topological polar surface area (TPSA) is 88.9 Å². The smallest absolute Gasteiger partial charge is 0.234 e. The van der Waals surface area contributed by atoms with E-state index in [1.54, 1.807) is 18.2 Å². The average molecular weight is 492 g/mol. The van der Waals surface area contributed by atoms with Gasteiger partial charge in [-0.25, -0.2) is 0 Å². The number of halogens is 2. The number of anilines is 2. The number of hydrogen-bond donors (Lipinski definition) is 2. The van der Waals surface area contributed by atoms with Gasteiger partial charge in [-0.2, -0.15) is 0 Å². The van der Waals surface area contributed by atoms with Crippen molar-refractivity contribution in [3.05, 3.63) is 63.4 Å². The molecule has 1 heterocycles. The van der Waals surface area contributed by atoms with Crippen molar-refractivity contribution in [1.82, 2.24) is 14.8 Å². The highest BCUT2D eigenvalue weighted by molar-refractivity contribution is 7.99. The van der Waals surface area contributed by atoms with Crippen LogP contribution in [0.15, 0.2) is 41.6 Å². The molecule has 3 aromatic rings. The number of hydrogen-bond acceptors (Lipinski definition) is 5. The second kappa shape index (κ2) is 10.8. The predicted octanol–water partition coefficient (Wildman–Crippen LogP) is 5.13. The Morgan fingerprint density at radius 1 is 1.00 bits per heavy atom.